The minimum atomic E-state index is -0.352. The molecular formula is C19H15ClN2O2S2. The molecule has 0 radical (unpaired) electrons. The number of anilines is 1. The summed E-state index contributed by atoms with van der Waals surface area (Å²) in [4.78, 5) is 30.5. The first-order valence-corrected chi connectivity index (χ1v) is 10.1. The van der Waals surface area contributed by atoms with Crippen LogP contribution in [0.1, 0.15) is 27.0 Å². The Morgan fingerprint density at radius 3 is 2.54 bits per heavy atom. The minimum absolute atomic E-state index is 0.0933. The van der Waals surface area contributed by atoms with E-state index in [9.17, 15) is 9.59 Å². The lowest BCUT2D eigenvalue weighted by atomic mass is 10.1. The Morgan fingerprint density at radius 1 is 1.15 bits per heavy atom. The maximum Gasteiger partial charge on any atom is 0.258 e. The number of carbonyl (C=O) groups is 2. The summed E-state index contributed by atoms with van der Waals surface area (Å²) in [6, 6.07) is 14.7. The van der Waals surface area contributed by atoms with Crippen LogP contribution in [0, 0.1) is 0 Å². The zero-order chi connectivity index (χ0) is 18.7. The van der Waals surface area contributed by atoms with Gasteiger partial charge in [-0.3, -0.25) is 14.9 Å². The van der Waals surface area contributed by atoms with Crippen molar-refractivity contribution < 1.29 is 9.59 Å². The van der Waals surface area contributed by atoms with Crippen LogP contribution in [-0.2, 0) is 0 Å². The first-order chi connectivity index (χ1) is 12.5. The molecule has 132 valence electrons. The summed E-state index contributed by atoms with van der Waals surface area (Å²) in [5, 5.41) is 3.49. The van der Waals surface area contributed by atoms with Crippen LogP contribution in [0.2, 0.25) is 5.02 Å². The van der Waals surface area contributed by atoms with E-state index in [0.717, 1.165) is 21.8 Å². The smallest absolute Gasteiger partial charge is 0.258 e. The van der Waals surface area contributed by atoms with Crippen LogP contribution in [0.15, 0.2) is 53.4 Å². The lowest BCUT2D eigenvalue weighted by Crippen LogP contribution is -2.12. The summed E-state index contributed by atoms with van der Waals surface area (Å²) in [7, 11) is 0. The van der Waals surface area contributed by atoms with Gasteiger partial charge in [-0.1, -0.05) is 53.3 Å². The molecule has 0 fully saturated rings. The van der Waals surface area contributed by atoms with Crippen LogP contribution >= 0.6 is 34.7 Å². The second-order valence-electron chi connectivity index (χ2n) is 5.42. The number of ketones is 1. The third-order valence-corrected chi connectivity index (χ3v) is 5.76. The van der Waals surface area contributed by atoms with E-state index in [2.05, 4.69) is 10.3 Å². The van der Waals surface area contributed by atoms with Crippen molar-refractivity contribution in [2.45, 2.75) is 11.8 Å². The number of rotatable bonds is 5. The summed E-state index contributed by atoms with van der Waals surface area (Å²) >= 11 is 8.84. The monoisotopic (exact) mass is 402 g/mol. The van der Waals surface area contributed by atoms with Crippen LogP contribution in [0.3, 0.4) is 0 Å². The van der Waals surface area contributed by atoms with Crippen molar-refractivity contribution in [1.29, 1.82) is 0 Å². The van der Waals surface area contributed by atoms with Crippen LogP contribution in [0.5, 0.6) is 0 Å². The Morgan fingerprint density at radius 2 is 1.88 bits per heavy atom. The van der Waals surface area contributed by atoms with E-state index < -0.39 is 0 Å². The first kappa shape index (κ1) is 18.6. The first-order valence-electron chi connectivity index (χ1n) is 7.71. The molecule has 0 aliphatic rings. The SMILES string of the molecule is CSc1ccc(Cl)c(C(=O)Nc2nc(-c3ccccc3)c(C(C)=O)s2)c1. The van der Waals surface area contributed by atoms with Crippen LogP contribution < -0.4 is 5.32 Å². The molecule has 7 heteroatoms. The van der Waals surface area contributed by atoms with Crippen LogP contribution in [0.25, 0.3) is 11.3 Å². The summed E-state index contributed by atoms with van der Waals surface area (Å²) in [6.45, 7) is 1.49. The molecule has 0 atom stereocenters. The zero-order valence-electron chi connectivity index (χ0n) is 14.1. The molecule has 1 heterocycles. The molecule has 2 aromatic carbocycles. The standard InChI is InChI=1S/C19H15ClN2O2S2/c1-11(23)17-16(12-6-4-3-5-7-12)21-19(26-17)22-18(24)14-10-13(25-2)8-9-15(14)20/h3-10H,1-2H3,(H,21,22,24). The Bertz CT molecular complexity index is 971. The van der Waals surface area contributed by atoms with Crippen molar-refractivity contribution in [1.82, 2.24) is 4.98 Å². The highest BCUT2D eigenvalue weighted by Crippen LogP contribution is 2.32. The average molecular weight is 403 g/mol. The predicted molar refractivity (Wildman–Crippen MR) is 109 cm³/mol. The van der Waals surface area contributed by atoms with Gasteiger partial charge in [0.15, 0.2) is 10.9 Å². The molecule has 4 nitrogen and oxygen atoms in total. The Balaban J connectivity index is 1.93. The molecule has 0 unspecified atom stereocenters. The van der Waals surface area contributed by atoms with Crippen molar-refractivity contribution in [2.24, 2.45) is 0 Å². The van der Waals surface area contributed by atoms with Gasteiger partial charge in [-0.05, 0) is 24.5 Å². The van der Waals surface area contributed by atoms with Gasteiger partial charge in [-0.2, -0.15) is 0 Å². The van der Waals surface area contributed by atoms with E-state index in [4.69, 9.17) is 11.6 Å². The summed E-state index contributed by atoms with van der Waals surface area (Å²) in [6.07, 6.45) is 1.93. The number of benzene rings is 2. The van der Waals surface area contributed by atoms with E-state index in [-0.39, 0.29) is 11.7 Å². The number of hydrogen-bond donors (Lipinski definition) is 1. The Kier molecular flexibility index (Phi) is 5.76. The minimum Gasteiger partial charge on any atom is -0.298 e. The van der Waals surface area contributed by atoms with Gasteiger partial charge in [-0.25, -0.2) is 4.98 Å². The topological polar surface area (TPSA) is 59.1 Å². The maximum atomic E-state index is 12.6. The quantitative estimate of drug-likeness (QED) is 0.443. The van der Waals surface area contributed by atoms with E-state index in [0.29, 0.717) is 26.3 Å². The van der Waals surface area contributed by atoms with E-state index >= 15 is 0 Å². The molecule has 0 saturated heterocycles. The molecule has 3 aromatic rings. The lowest BCUT2D eigenvalue weighted by molar-refractivity contribution is 0.101. The molecule has 1 amide bonds. The molecule has 1 aromatic heterocycles. The lowest BCUT2D eigenvalue weighted by Gasteiger charge is -2.06. The second kappa shape index (κ2) is 8.03. The number of Topliss-reactive ketones (excluding diaryl/α,β-unsaturated/α-hetero) is 1. The van der Waals surface area contributed by atoms with Gasteiger partial charge >= 0.3 is 0 Å². The van der Waals surface area contributed by atoms with Gasteiger partial charge < -0.3 is 0 Å². The molecule has 3 rings (SSSR count). The molecule has 1 N–H and O–H groups in total. The Hall–Kier alpha value is -2.15. The molecule has 0 aliphatic heterocycles. The fourth-order valence-electron chi connectivity index (χ4n) is 2.37. The van der Waals surface area contributed by atoms with Crippen LogP contribution in [-0.4, -0.2) is 22.9 Å². The summed E-state index contributed by atoms with van der Waals surface area (Å²) in [5.41, 5.74) is 1.78. The molecule has 0 spiro atoms. The highest BCUT2D eigenvalue weighted by molar-refractivity contribution is 7.98. The summed E-state index contributed by atoms with van der Waals surface area (Å²) in [5.74, 6) is -0.446. The number of nitrogens with one attached hydrogen (secondary N) is 1. The van der Waals surface area contributed by atoms with Crippen molar-refractivity contribution in [3.8, 4) is 11.3 Å². The van der Waals surface area contributed by atoms with Crippen molar-refractivity contribution in [3.05, 3.63) is 64.0 Å². The van der Waals surface area contributed by atoms with Gasteiger partial charge in [0.25, 0.3) is 5.91 Å². The van der Waals surface area contributed by atoms with E-state index in [1.807, 2.05) is 42.7 Å². The van der Waals surface area contributed by atoms with Crippen LogP contribution in [0.4, 0.5) is 5.13 Å². The second-order valence-corrected chi connectivity index (χ2v) is 7.70. The fraction of sp³-hybridized carbons (Fsp3) is 0.105. The van der Waals surface area contributed by atoms with Gasteiger partial charge in [-0.15, -0.1) is 11.8 Å². The van der Waals surface area contributed by atoms with Gasteiger partial charge in [0.1, 0.15) is 0 Å². The molecule has 0 bridgehead atoms. The number of thioether (sulfide) groups is 1. The molecule has 0 aliphatic carbocycles. The van der Waals surface area contributed by atoms with Crippen molar-refractivity contribution in [3.63, 3.8) is 0 Å². The Labute approximate surface area is 164 Å². The zero-order valence-corrected chi connectivity index (χ0v) is 16.5. The van der Waals surface area contributed by atoms with Gasteiger partial charge in [0.2, 0.25) is 0 Å². The van der Waals surface area contributed by atoms with Crippen molar-refractivity contribution >= 4 is 51.5 Å². The number of thiazole rings is 1. The highest BCUT2D eigenvalue weighted by Gasteiger charge is 2.19. The predicted octanol–water partition coefficient (Wildman–Crippen LogP) is 5.64. The number of halogens is 1. The van der Waals surface area contributed by atoms with Gasteiger partial charge in [0.05, 0.1) is 21.2 Å². The summed E-state index contributed by atoms with van der Waals surface area (Å²) < 4.78 is 0. The van der Waals surface area contributed by atoms with Crippen molar-refractivity contribution in [2.75, 3.05) is 11.6 Å². The maximum absolute atomic E-state index is 12.6. The number of hydrogen-bond acceptors (Lipinski definition) is 5. The number of nitrogens with zero attached hydrogens (tertiary/aromatic N) is 1. The third-order valence-electron chi connectivity index (χ3n) is 3.63. The number of carbonyl (C=O) groups excluding carboxylic acids is 2. The van der Waals surface area contributed by atoms with E-state index in [1.54, 1.807) is 12.1 Å². The van der Waals surface area contributed by atoms with Gasteiger partial charge in [0, 0.05) is 17.4 Å². The highest BCUT2D eigenvalue weighted by atomic mass is 35.5. The van der Waals surface area contributed by atoms with E-state index in [1.165, 1.54) is 18.7 Å². The number of aromatic nitrogens is 1. The average Bonchev–Trinajstić information content (AvgIpc) is 3.07. The third kappa shape index (κ3) is 3.98. The molecule has 26 heavy (non-hydrogen) atoms. The molecular weight excluding hydrogens is 388 g/mol. The fourth-order valence-corrected chi connectivity index (χ4v) is 3.89. The molecule has 0 saturated carbocycles. The largest absolute Gasteiger partial charge is 0.298 e. The normalized spacial score (nSPS) is 10.6. The number of amides is 1.